The summed E-state index contributed by atoms with van der Waals surface area (Å²) < 4.78 is 1.60. The van der Waals surface area contributed by atoms with Crippen LogP contribution < -0.4 is 5.73 Å². The number of hydrogen-bond acceptors (Lipinski definition) is 4. The van der Waals surface area contributed by atoms with Crippen molar-refractivity contribution in [3.63, 3.8) is 0 Å². The first-order valence-electron chi connectivity index (χ1n) is 6.74. The molecule has 3 rings (SSSR count). The Labute approximate surface area is 117 Å². The van der Waals surface area contributed by atoms with E-state index in [1.54, 1.807) is 10.9 Å². The summed E-state index contributed by atoms with van der Waals surface area (Å²) in [6.07, 6.45) is 2.55. The predicted octanol–water partition coefficient (Wildman–Crippen LogP) is 0.435. The summed E-state index contributed by atoms with van der Waals surface area (Å²) in [5.41, 5.74) is 8.38. The van der Waals surface area contributed by atoms with Crippen LogP contribution in [0.3, 0.4) is 0 Å². The van der Waals surface area contributed by atoms with E-state index in [4.69, 9.17) is 5.73 Å². The maximum atomic E-state index is 12.4. The zero-order chi connectivity index (χ0) is 13.9. The molecule has 1 amide bonds. The smallest absolute Gasteiger partial charge is 0.276 e. The predicted molar refractivity (Wildman–Crippen MR) is 74.0 cm³/mol. The number of benzene rings is 1. The highest BCUT2D eigenvalue weighted by atomic mass is 16.2. The number of amides is 1. The van der Waals surface area contributed by atoms with Gasteiger partial charge in [-0.1, -0.05) is 29.5 Å². The summed E-state index contributed by atoms with van der Waals surface area (Å²) in [5, 5.41) is 7.84. The fourth-order valence-corrected chi connectivity index (χ4v) is 2.47. The summed E-state index contributed by atoms with van der Waals surface area (Å²) in [4.78, 5) is 14.2. The SMILES string of the molecule is NCCn1cc(C(=O)N2CCc3ccccc3C2)nn1. The zero-order valence-electron chi connectivity index (χ0n) is 11.2. The summed E-state index contributed by atoms with van der Waals surface area (Å²) >= 11 is 0. The van der Waals surface area contributed by atoms with Crippen molar-refractivity contribution in [3.8, 4) is 0 Å². The average Bonchev–Trinajstić information content (AvgIpc) is 2.95. The van der Waals surface area contributed by atoms with E-state index in [1.165, 1.54) is 11.1 Å². The minimum atomic E-state index is -0.0669. The standard InChI is InChI=1S/C14H17N5O/c15-6-8-19-10-13(16-17-19)14(20)18-7-5-11-3-1-2-4-12(11)9-18/h1-4,10H,5-9,15H2. The molecule has 2 heterocycles. The number of fused-ring (bicyclic) bond motifs is 1. The topological polar surface area (TPSA) is 77.0 Å². The monoisotopic (exact) mass is 271 g/mol. The molecule has 0 radical (unpaired) electrons. The molecule has 1 aromatic carbocycles. The van der Waals surface area contributed by atoms with Crippen LogP contribution in [0.5, 0.6) is 0 Å². The summed E-state index contributed by atoms with van der Waals surface area (Å²) in [5.74, 6) is -0.0669. The molecule has 6 heteroatoms. The van der Waals surface area contributed by atoms with Crippen molar-refractivity contribution in [2.45, 2.75) is 19.5 Å². The van der Waals surface area contributed by atoms with Gasteiger partial charge in [0.25, 0.3) is 5.91 Å². The molecule has 6 nitrogen and oxygen atoms in total. The molecule has 104 valence electrons. The third-order valence-electron chi connectivity index (χ3n) is 3.53. The Morgan fingerprint density at radius 3 is 2.90 bits per heavy atom. The van der Waals surface area contributed by atoms with Gasteiger partial charge in [-0.2, -0.15) is 0 Å². The van der Waals surface area contributed by atoms with Gasteiger partial charge in [0.1, 0.15) is 0 Å². The highest BCUT2D eigenvalue weighted by Gasteiger charge is 2.23. The molecule has 1 aliphatic heterocycles. The van der Waals surface area contributed by atoms with Gasteiger partial charge in [-0.05, 0) is 17.5 Å². The fraction of sp³-hybridized carbons (Fsp3) is 0.357. The Kier molecular flexibility index (Phi) is 3.47. The molecular formula is C14H17N5O. The van der Waals surface area contributed by atoms with Crippen LogP contribution in [0.2, 0.25) is 0 Å². The summed E-state index contributed by atoms with van der Waals surface area (Å²) in [6.45, 7) is 2.41. The molecule has 0 aliphatic carbocycles. The number of nitrogens with zero attached hydrogens (tertiary/aromatic N) is 4. The normalized spacial score (nSPS) is 14.2. The van der Waals surface area contributed by atoms with Gasteiger partial charge in [0.05, 0.1) is 12.7 Å². The molecule has 2 N–H and O–H groups in total. The van der Waals surface area contributed by atoms with E-state index in [1.807, 2.05) is 17.0 Å². The van der Waals surface area contributed by atoms with Crippen LogP contribution in [0.4, 0.5) is 0 Å². The van der Waals surface area contributed by atoms with Crippen LogP contribution in [0.15, 0.2) is 30.5 Å². The molecule has 0 spiro atoms. The molecule has 0 atom stereocenters. The van der Waals surface area contributed by atoms with Gasteiger partial charge in [0, 0.05) is 19.6 Å². The molecule has 1 aliphatic rings. The minimum Gasteiger partial charge on any atom is -0.333 e. The van der Waals surface area contributed by atoms with Crippen LogP contribution in [0.25, 0.3) is 0 Å². The second-order valence-corrected chi connectivity index (χ2v) is 4.90. The third kappa shape index (κ3) is 2.42. The van der Waals surface area contributed by atoms with Gasteiger partial charge in [0.2, 0.25) is 0 Å². The maximum Gasteiger partial charge on any atom is 0.276 e. The summed E-state index contributed by atoms with van der Waals surface area (Å²) in [7, 11) is 0. The third-order valence-corrected chi connectivity index (χ3v) is 3.53. The molecule has 20 heavy (non-hydrogen) atoms. The van der Waals surface area contributed by atoms with Crippen molar-refractivity contribution in [2.24, 2.45) is 5.73 Å². The molecule has 2 aromatic rings. The number of aromatic nitrogens is 3. The quantitative estimate of drug-likeness (QED) is 0.878. The number of carbonyl (C=O) groups excluding carboxylic acids is 1. The highest BCUT2D eigenvalue weighted by molar-refractivity contribution is 5.92. The van der Waals surface area contributed by atoms with Crippen LogP contribution in [-0.4, -0.2) is 38.9 Å². The molecular weight excluding hydrogens is 254 g/mol. The highest BCUT2D eigenvalue weighted by Crippen LogP contribution is 2.19. The first-order valence-corrected chi connectivity index (χ1v) is 6.74. The van der Waals surface area contributed by atoms with E-state index in [0.717, 1.165) is 13.0 Å². The van der Waals surface area contributed by atoms with E-state index < -0.39 is 0 Å². The molecule has 0 unspecified atom stereocenters. The second-order valence-electron chi connectivity index (χ2n) is 4.90. The lowest BCUT2D eigenvalue weighted by atomic mass is 10.00. The number of rotatable bonds is 3. The van der Waals surface area contributed by atoms with Crippen LogP contribution in [0.1, 0.15) is 21.6 Å². The summed E-state index contributed by atoms with van der Waals surface area (Å²) in [6, 6.07) is 8.23. The molecule has 1 aromatic heterocycles. The van der Waals surface area contributed by atoms with Crippen LogP contribution >= 0.6 is 0 Å². The Balaban J connectivity index is 1.75. The van der Waals surface area contributed by atoms with Gasteiger partial charge in [0.15, 0.2) is 5.69 Å². The largest absolute Gasteiger partial charge is 0.333 e. The Morgan fingerprint density at radius 2 is 2.10 bits per heavy atom. The maximum absolute atomic E-state index is 12.4. The van der Waals surface area contributed by atoms with E-state index in [9.17, 15) is 4.79 Å². The van der Waals surface area contributed by atoms with Gasteiger partial charge < -0.3 is 10.6 Å². The van der Waals surface area contributed by atoms with Crippen LogP contribution in [0, 0.1) is 0 Å². The molecule has 0 bridgehead atoms. The Hall–Kier alpha value is -2.21. The number of nitrogens with two attached hydrogens (primary N) is 1. The van der Waals surface area contributed by atoms with Gasteiger partial charge in [-0.3, -0.25) is 9.48 Å². The lowest BCUT2D eigenvalue weighted by Crippen LogP contribution is -2.36. The van der Waals surface area contributed by atoms with Gasteiger partial charge >= 0.3 is 0 Å². The number of hydrogen-bond donors (Lipinski definition) is 1. The first-order chi connectivity index (χ1) is 9.78. The van der Waals surface area contributed by atoms with Gasteiger partial charge in [-0.25, -0.2) is 0 Å². The van der Waals surface area contributed by atoms with Crippen molar-refractivity contribution in [3.05, 3.63) is 47.3 Å². The number of carbonyl (C=O) groups is 1. The van der Waals surface area contributed by atoms with Crippen molar-refractivity contribution >= 4 is 5.91 Å². The lowest BCUT2D eigenvalue weighted by Gasteiger charge is -2.28. The average molecular weight is 271 g/mol. The molecule has 0 fully saturated rings. The molecule has 0 saturated heterocycles. The van der Waals surface area contributed by atoms with E-state index in [-0.39, 0.29) is 5.91 Å². The van der Waals surface area contributed by atoms with Crippen molar-refractivity contribution in [2.75, 3.05) is 13.1 Å². The van der Waals surface area contributed by atoms with Crippen molar-refractivity contribution in [1.82, 2.24) is 19.9 Å². The first kappa shape index (κ1) is 12.8. The van der Waals surface area contributed by atoms with Crippen molar-refractivity contribution in [1.29, 1.82) is 0 Å². The minimum absolute atomic E-state index is 0.0669. The fourth-order valence-electron chi connectivity index (χ4n) is 2.47. The molecule has 0 saturated carbocycles. The zero-order valence-corrected chi connectivity index (χ0v) is 11.2. The van der Waals surface area contributed by atoms with Crippen LogP contribution in [-0.2, 0) is 19.5 Å². The second kappa shape index (κ2) is 5.42. The van der Waals surface area contributed by atoms with Gasteiger partial charge in [-0.15, -0.1) is 5.10 Å². The Morgan fingerprint density at radius 1 is 1.30 bits per heavy atom. The van der Waals surface area contributed by atoms with Crippen molar-refractivity contribution < 1.29 is 4.79 Å². The van der Waals surface area contributed by atoms with E-state index in [2.05, 4.69) is 22.4 Å². The lowest BCUT2D eigenvalue weighted by molar-refractivity contribution is 0.0728. The van der Waals surface area contributed by atoms with E-state index >= 15 is 0 Å². The van der Waals surface area contributed by atoms with E-state index in [0.29, 0.717) is 25.3 Å². The Bertz CT molecular complexity index is 622.